The maximum Gasteiger partial charge on any atom is 0.248 e. The number of amides is 1. The highest BCUT2D eigenvalue weighted by Gasteiger charge is 2.26. The summed E-state index contributed by atoms with van der Waals surface area (Å²) in [7, 11) is 1.77. The molecule has 0 bridgehead atoms. The van der Waals surface area contributed by atoms with Crippen LogP contribution in [0.5, 0.6) is 0 Å². The van der Waals surface area contributed by atoms with E-state index in [-0.39, 0.29) is 12.5 Å². The fourth-order valence-electron chi connectivity index (χ4n) is 1.53. The molecule has 0 spiro atoms. The Morgan fingerprint density at radius 3 is 2.89 bits per heavy atom. The quantitative estimate of drug-likeness (QED) is 0.759. The van der Waals surface area contributed by atoms with Gasteiger partial charge in [0, 0.05) is 25.4 Å². The van der Waals surface area contributed by atoms with Crippen LogP contribution in [0.4, 0.5) is 0 Å². The predicted octanol–water partition coefficient (Wildman–Crippen LogP) is 0.169. The first-order chi connectivity index (χ1) is 8.36. The molecule has 2 atom stereocenters. The van der Waals surface area contributed by atoms with Gasteiger partial charge in [-0.25, -0.2) is 0 Å². The van der Waals surface area contributed by atoms with E-state index in [1.54, 1.807) is 38.0 Å². The van der Waals surface area contributed by atoms with E-state index in [1.807, 2.05) is 6.92 Å². The topological polar surface area (TPSA) is 76.4 Å². The number of nitrogens with one attached hydrogen (secondary N) is 1. The lowest BCUT2D eigenvalue weighted by atomic mass is 10.00. The average Bonchev–Trinajstić information content (AvgIpc) is 2.74. The van der Waals surface area contributed by atoms with Crippen molar-refractivity contribution in [3.05, 3.63) is 18.0 Å². The van der Waals surface area contributed by atoms with Gasteiger partial charge in [0.25, 0.3) is 0 Å². The Morgan fingerprint density at radius 2 is 2.39 bits per heavy atom. The molecule has 1 amide bonds. The van der Waals surface area contributed by atoms with Crippen molar-refractivity contribution in [2.45, 2.75) is 32.5 Å². The monoisotopic (exact) mass is 255 g/mol. The molecule has 0 saturated carbocycles. The normalized spacial score (nSPS) is 16.1. The van der Waals surface area contributed by atoms with Crippen molar-refractivity contribution >= 4 is 5.91 Å². The molecular formula is C12H21N3O3. The van der Waals surface area contributed by atoms with Gasteiger partial charge >= 0.3 is 0 Å². The largest absolute Gasteiger partial charge is 0.383 e. The van der Waals surface area contributed by atoms with Crippen LogP contribution in [0.2, 0.25) is 0 Å². The lowest BCUT2D eigenvalue weighted by molar-refractivity contribution is -0.132. The summed E-state index contributed by atoms with van der Waals surface area (Å²) >= 11 is 0. The second-order valence-corrected chi connectivity index (χ2v) is 4.49. The van der Waals surface area contributed by atoms with Crippen LogP contribution in [0.15, 0.2) is 12.4 Å². The fraction of sp³-hybridized carbons (Fsp3) is 0.667. The molecule has 1 aromatic heterocycles. The van der Waals surface area contributed by atoms with E-state index in [0.717, 1.165) is 0 Å². The van der Waals surface area contributed by atoms with E-state index < -0.39 is 11.7 Å². The fourth-order valence-corrected chi connectivity index (χ4v) is 1.53. The standard InChI is InChI=1S/C12H21N3O3/c1-5-18-9(2)11(16)13-8-12(3,17)10-6-14-15(4)7-10/h6-7,9,17H,5,8H2,1-4H3,(H,13,16). The summed E-state index contributed by atoms with van der Waals surface area (Å²) in [5, 5.41) is 16.9. The Morgan fingerprint density at radius 1 is 1.72 bits per heavy atom. The van der Waals surface area contributed by atoms with Crippen LogP contribution in [-0.4, -0.2) is 40.0 Å². The summed E-state index contributed by atoms with van der Waals surface area (Å²) in [6.07, 6.45) is 2.79. The second kappa shape index (κ2) is 5.97. The van der Waals surface area contributed by atoms with Gasteiger partial charge < -0.3 is 15.2 Å². The molecule has 1 aromatic rings. The van der Waals surface area contributed by atoms with E-state index in [1.165, 1.54) is 0 Å². The SMILES string of the molecule is CCOC(C)C(=O)NCC(C)(O)c1cnn(C)c1. The van der Waals surface area contributed by atoms with Crippen molar-refractivity contribution in [1.82, 2.24) is 15.1 Å². The minimum atomic E-state index is -1.14. The molecule has 0 aliphatic carbocycles. The molecule has 0 radical (unpaired) electrons. The van der Waals surface area contributed by atoms with E-state index >= 15 is 0 Å². The number of hydrogen-bond donors (Lipinski definition) is 2. The Labute approximate surface area is 107 Å². The van der Waals surface area contributed by atoms with Crippen LogP contribution in [0.25, 0.3) is 0 Å². The summed E-state index contributed by atoms with van der Waals surface area (Å²) in [4.78, 5) is 11.6. The van der Waals surface area contributed by atoms with E-state index in [2.05, 4.69) is 10.4 Å². The third kappa shape index (κ3) is 3.82. The zero-order valence-corrected chi connectivity index (χ0v) is 11.3. The van der Waals surface area contributed by atoms with Gasteiger partial charge in [0.05, 0.1) is 12.7 Å². The summed E-state index contributed by atoms with van der Waals surface area (Å²) in [5.41, 5.74) is -0.482. The number of rotatable bonds is 6. The number of ether oxygens (including phenoxy) is 1. The molecule has 0 aliphatic heterocycles. The summed E-state index contributed by atoms with van der Waals surface area (Å²) in [6.45, 7) is 5.74. The van der Waals surface area contributed by atoms with Crippen LogP contribution in [0.1, 0.15) is 26.3 Å². The average molecular weight is 255 g/mol. The predicted molar refractivity (Wildman–Crippen MR) is 66.9 cm³/mol. The number of aryl methyl sites for hydroxylation is 1. The molecule has 1 heterocycles. The van der Waals surface area contributed by atoms with Gasteiger partial charge in [0.2, 0.25) is 5.91 Å². The highest BCUT2D eigenvalue weighted by atomic mass is 16.5. The molecular weight excluding hydrogens is 234 g/mol. The van der Waals surface area contributed by atoms with Crippen molar-refractivity contribution < 1.29 is 14.6 Å². The first-order valence-corrected chi connectivity index (χ1v) is 5.97. The highest BCUT2D eigenvalue weighted by molar-refractivity contribution is 5.80. The van der Waals surface area contributed by atoms with Gasteiger partial charge in [-0.1, -0.05) is 0 Å². The summed E-state index contributed by atoms with van der Waals surface area (Å²) < 4.78 is 6.77. The van der Waals surface area contributed by atoms with Crippen molar-refractivity contribution in [3.63, 3.8) is 0 Å². The Kier molecular flexibility index (Phi) is 4.86. The summed E-state index contributed by atoms with van der Waals surface area (Å²) in [6, 6.07) is 0. The van der Waals surface area contributed by atoms with Gasteiger partial charge in [0.1, 0.15) is 11.7 Å². The maximum atomic E-state index is 11.6. The number of hydrogen-bond acceptors (Lipinski definition) is 4. The lowest BCUT2D eigenvalue weighted by Gasteiger charge is -2.23. The zero-order chi connectivity index (χ0) is 13.8. The van der Waals surface area contributed by atoms with Gasteiger partial charge in [-0.2, -0.15) is 5.10 Å². The van der Waals surface area contributed by atoms with E-state index in [4.69, 9.17) is 4.74 Å². The molecule has 0 saturated heterocycles. The van der Waals surface area contributed by atoms with Gasteiger partial charge in [-0.05, 0) is 20.8 Å². The molecule has 6 heteroatoms. The van der Waals surface area contributed by atoms with Crippen LogP contribution in [0, 0.1) is 0 Å². The van der Waals surface area contributed by atoms with Crippen LogP contribution < -0.4 is 5.32 Å². The molecule has 2 unspecified atom stereocenters. The number of aromatic nitrogens is 2. The third-order valence-electron chi connectivity index (χ3n) is 2.72. The molecule has 0 aliphatic rings. The van der Waals surface area contributed by atoms with Gasteiger partial charge in [0.15, 0.2) is 0 Å². The number of nitrogens with zero attached hydrogens (tertiary/aromatic N) is 2. The first-order valence-electron chi connectivity index (χ1n) is 5.97. The van der Waals surface area contributed by atoms with Gasteiger partial charge in [-0.3, -0.25) is 9.48 Å². The number of carbonyl (C=O) groups excluding carboxylic acids is 1. The molecule has 6 nitrogen and oxygen atoms in total. The highest BCUT2D eigenvalue weighted by Crippen LogP contribution is 2.18. The summed E-state index contributed by atoms with van der Waals surface area (Å²) in [5.74, 6) is -0.235. The second-order valence-electron chi connectivity index (χ2n) is 4.49. The molecule has 2 N–H and O–H groups in total. The Bertz CT molecular complexity index is 401. The van der Waals surface area contributed by atoms with Crippen LogP contribution in [-0.2, 0) is 22.2 Å². The minimum absolute atomic E-state index is 0.120. The molecule has 0 fully saturated rings. The van der Waals surface area contributed by atoms with Crippen molar-refractivity contribution in [1.29, 1.82) is 0 Å². The smallest absolute Gasteiger partial charge is 0.248 e. The van der Waals surface area contributed by atoms with E-state index in [9.17, 15) is 9.90 Å². The van der Waals surface area contributed by atoms with Gasteiger partial charge in [-0.15, -0.1) is 0 Å². The van der Waals surface area contributed by atoms with Crippen LogP contribution in [0.3, 0.4) is 0 Å². The van der Waals surface area contributed by atoms with Crippen molar-refractivity contribution in [2.75, 3.05) is 13.2 Å². The minimum Gasteiger partial charge on any atom is -0.383 e. The molecule has 0 aromatic carbocycles. The van der Waals surface area contributed by atoms with Crippen molar-refractivity contribution in [3.8, 4) is 0 Å². The zero-order valence-electron chi connectivity index (χ0n) is 11.3. The molecule has 102 valence electrons. The number of aliphatic hydroxyl groups is 1. The molecule has 1 rings (SSSR count). The molecule has 18 heavy (non-hydrogen) atoms. The van der Waals surface area contributed by atoms with Crippen molar-refractivity contribution in [2.24, 2.45) is 7.05 Å². The first kappa shape index (κ1) is 14.7. The van der Waals surface area contributed by atoms with E-state index in [0.29, 0.717) is 12.2 Å². The maximum absolute atomic E-state index is 11.6. The Balaban J connectivity index is 2.54. The lowest BCUT2D eigenvalue weighted by Crippen LogP contribution is -2.42. The Hall–Kier alpha value is -1.40. The third-order valence-corrected chi connectivity index (χ3v) is 2.72. The van der Waals surface area contributed by atoms with Crippen LogP contribution >= 0.6 is 0 Å². The number of carbonyl (C=O) groups is 1.